The zero-order valence-electron chi connectivity index (χ0n) is 15.0. The van der Waals surface area contributed by atoms with Crippen molar-refractivity contribution in [3.8, 4) is 11.3 Å². The van der Waals surface area contributed by atoms with Crippen LogP contribution in [0.3, 0.4) is 0 Å². The molecule has 0 fully saturated rings. The fourth-order valence-electron chi connectivity index (χ4n) is 2.63. The van der Waals surface area contributed by atoms with Gasteiger partial charge in [-0.3, -0.25) is 4.79 Å². The molecule has 4 nitrogen and oxygen atoms in total. The van der Waals surface area contributed by atoms with Gasteiger partial charge in [-0.05, 0) is 42.5 Å². The number of amides is 1. The Hall–Kier alpha value is -2.05. The summed E-state index contributed by atoms with van der Waals surface area (Å²) in [5, 5.41) is 10.4. The number of nitrogens with one attached hydrogen (secondary N) is 2. The molecule has 2 N–H and O–H groups in total. The molecule has 146 valence electrons. The van der Waals surface area contributed by atoms with E-state index in [2.05, 4.69) is 21.8 Å². The van der Waals surface area contributed by atoms with E-state index in [1.807, 2.05) is 47.9 Å². The Labute approximate surface area is 184 Å². The van der Waals surface area contributed by atoms with Crippen LogP contribution in [0.2, 0.25) is 10.0 Å². The van der Waals surface area contributed by atoms with E-state index >= 15 is 0 Å². The molecule has 0 atom stereocenters. The molecule has 0 aliphatic rings. The standard InChI is InChI=1S/C20H17Cl2N3OS.ClH/c1-3-10-25-19(17-9-4-14(21)11-18(17)22)12-27-20(25)24-16-7-5-15(6-8-16)23-13(2)26;/h3-9,11-12H,1,10H2,2H3,(H,23,26);1H. The van der Waals surface area contributed by atoms with Crippen LogP contribution in [-0.2, 0) is 11.3 Å². The summed E-state index contributed by atoms with van der Waals surface area (Å²) in [5.41, 5.74) is 3.57. The molecule has 1 amide bonds. The van der Waals surface area contributed by atoms with Crippen molar-refractivity contribution in [1.29, 1.82) is 0 Å². The van der Waals surface area contributed by atoms with Crippen molar-refractivity contribution < 1.29 is 21.8 Å². The number of benzene rings is 2. The van der Waals surface area contributed by atoms with Crippen molar-refractivity contribution >= 4 is 57.0 Å². The smallest absolute Gasteiger partial charge is 0.339 e. The first kappa shape index (κ1) is 22.2. The Morgan fingerprint density at radius 3 is 2.46 bits per heavy atom. The molecular weight excluding hydrogens is 437 g/mol. The Morgan fingerprint density at radius 2 is 1.86 bits per heavy atom. The highest BCUT2D eigenvalue weighted by atomic mass is 35.5. The monoisotopic (exact) mass is 453 g/mol. The van der Waals surface area contributed by atoms with E-state index in [9.17, 15) is 4.79 Å². The van der Waals surface area contributed by atoms with Crippen LogP contribution in [-0.4, -0.2) is 5.91 Å². The zero-order valence-corrected chi connectivity index (χ0v) is 18.1. The summed E-state index contributed by atoms with van der Waals surface area (Å²) in [7, 11) is 0. The fourth-order valence-corrected chi connectivity index (χ4v) is 4.08. The number of halogens is 3. The van der Waals surface area contributed by atoms with Gasteiger partial charge in [-0.2, -0.15) is 0 Å². The normalized spacial score (nSPS) is 10.1. The molecule has 3 rings (SSSR count). The third-order valence-corrected chi connectivity index (χ3v) is 5.23. The van der Waals surface area contributed by atoms with E-state index in [0.717, 1.165) is 27.8 Å². The summed E-state index contributed by atoms with van der Waals surface area (Å²) in [6.45, 7) is 5.97. The van der Waals surface area contributed by atoms with E-state index in [4.69, 9.17) is 23.2 Å². The van der Waals surface area contributed by atoms with E-state index in [1.54, 1.807) is 17.4 Å². The lowest BCUT2D eigenvalue weighted by atomic mass is 10.1. The van der Waals surface area contributed by atoms with Crippen LogP contribution in [0.5, 0.6) is 0 Å². The first-order chi connectivity index (χ1) is 13.0. The molecular formula is C20H18Cl3N3OS. The molecule has 8 heteroatoms. The Morgan fingerprint density at radius 1 is 1.18 bits per heavy atom. The number of rotatable bonds is 6. The highest BCUT2D eigenvalue weighted by Crippen LogP contribution is 2.32. The van der Waals surface area contributed by atoms with Crippen LogP contribution < -0.4 is 27.6 Å². The van der Waals surface area contributed by atoms with Gasteiger partial charge in [0.15, 0.2) is 0 Å². The number of hydrogen-bond donors (Lipinski definition) is 2. The Bertz CT molecular complexity index is 987. The molecule has 28 heavy (non-hydrogen) atoms. The molecule has 0 saturated carbocycles. The minimum Gasteiger partial charge on any atom is -1.00 e. The Balaban J connectivity index is 0.00000280. The SMILES string of the molecule is C=CC[n+]1c(-c2ccc(Cl)cc2Cl)csc1Nc1ccc(NC(C)=O)cc1.[Cl-]. The Kier molecular flexibility index (Phi) is 7.89. The minimum atomic E-state index is -0.0951. The number of aromatic nitrogens is 1. The van der Waals surface area contributed by atoms with Crippen LogP contribution in [0.15, 0.2) is 60.5 Å². The van der Waals surface area contributed by atoms with Crippen molar-refractivity contribution in [2.45, 2.75) is 13.5 Å². The first-order valence-corrected chi connectivity index (χ1v) is 9.84. The highest BCUT2D eigenvalue weighted by molar-refractivity contribution is 7.13. The van der Waals surface area contributed by atoms with Gasteiger partial charge in [0.05, 0.1) is 5.02 Å². The van der Waals surface area contributed by atoms with Gasteiger partial charge in [0, 0.05) is 28.6 Å². The van der Waals surface area contributed by atoms with Gasteiger partial charge >= 0.3 is 5.13 Å². The molecule has 0 saturated heterocycles. The van der Waals surface area contributed by atoms with Crippen molar-refractivity contribution in [3.63, 3.8) is 0 Å². The van der Waals surface area contributed by atoms with Crippen LogP contribution in [0.25, 0.3) is 11.3 Å². The molecule has 0 unspecified atom stereocenters. The lowest BCUT2D eigenvalue weighted by Crippen LogP contribution is -3.00. The van der Waals surface area contributed by atoms with Crippen molar-refractivity contribution in [2.75, 3.05) is 10.6 Å². The summed E-state index contributed by atoms with van der Waals surface area (Å²) < 4.78 is 2.11. The zero-order chi connectivity index (χ0) is 19.4. The number of hydrogen-bond acceptors (Lipinski definition) is 3. The number of carbonyl (C=O) groups excluding carboxylic acids is 1. The van der Waals surface area contributed by atoms with E-state index in [0.29, 0.717) is 16.6 Å². The van der Waals surface area contributed by atoms with Crippen LogP contribution in [0.4, 0.5) is 16.5 Å². The third-order valence-electron chi connectivity index (χ3n) is 3.79. The van der Waals surface area contributed by atoms with Crippen molar-refractivity contribution in [2.24, 2.45) is 0 Å². The summed E-state index contributed by atoms with van der Waals surface area (Å²) >= 11 is 14.0. The average molecular weight is 455 g/mol. The first-order valence-electron chi connectivity index (χ1n) is 8.20. The second-order valence-corrected chi connectivity index (χ2v) is 7.53. The highest BCUT2D eigenvalue weighted by Gasteiger charge is 2.20. The lowest BCUT2D eigenvalue weighted by Gasteiger charge is -2.07. The maximum absolute atomic E-state index is 11.1. The minimum absolute atomic E-state index is 0. The molecule has 0 aliphatic heterocycles. The van der Waals surface area contributed by atoms with Crippen molar-refractivity contribution in [3.05, 3.63) is 70.5 Å². The summed E-state index contributed by atoms with van der Waals surface area (Å²) in [5.74, 6) is -0.0951. The van der Waals surface area contributed by atoms with Gasteiger partial charge in [0.1, 0.15) is 17.9 Å². The molecule has 0 bridgehead atoms. The average Bonchev–Trinajstić information content (AvgIpc) is 2.99. The number of anilines is 3. The number of carbonyl (C=O) groups is 1. The van der Waals surface area contributed by atoms with Gasteiger partial charge in [0.25, 0.3) is 0 Å². The van der Waals surface area contributed by atoms with Gasteiger partial charge in [-0.25, -0.2) is 9.88 Å². The predicted molar refractivity (Wildman–Crippen MR) is 114 cm³/mol. The van der Waals surface area contributed by atoms with Gasteiger partial charge in [-0.1, -0.05) is 47.2 Å². The molecule has 0 spiro atoms. The van der Waals surface area contributed by atoms with E-state index in [-0.39, 0.29) is 18.3 Å². The maximum atomic E-state index is 11.1. The second kappa shape index (κ2) is 9.94. The van der Waals surface area contributed by atoms with Crippen molar-refractivity contribution in [1.82, 2.24) is 0 Å². The molecule has 3 aromatic rings. The summed E-state index contributed by atoms with van der Waals surface area (Å²) in [6.07, 6.45) is 1.84. The van der Waals surface area contributed by atoms with E-state index < -0.39 is 0 Å². The molecule has 0 radical (unpaired) electrons. The van der Waals surface area contributed by atoms with Crippen LogP contribution in [0, 0.1) is 0 Å². The molecule has 1 heterocycles. The summed E-state index contributed by atoms with van der Waals surface area (Å²) in [6, 6.07) is 13.0. The lowest BCUT2D eigenvalue weighted by molar-refractivity contribution is -0.657. The number of allylic oxidation sites excluding steroid dienone is 1. The number of thiazole rings is 1. The third kappa shape index (κ3) is 5.26. The number of nitrogens with zero attached hydrogens (tertiary/aromatic N) is 1. The van der Waals surface area contributed by atoms with Gasteiger partial charge in [0.2, 0.25) is 5.91 Å². The molecule has 2 aromatic carbocycles. The van der Waals surface area contributed by atoms with E-state index in [1.165, 1.54) is 6.92 Å². The maximum Gasteiger partial charge on any atom is 0.339 e. The second-order valence-electron chi connectivity index (χ2n) is 5.83. The quantitative estimate of drug-likeness (QED) is 0.444. The fraction of sp³-hybridized carbons (Fsp3) is 0.100. The van der Waals surface area contributed by atoms with Crippen LogP contribution in [0.1, 0.15) is 6.92 Å². The molecule has 1 aromatic heterocycles. The molecule has 0 aliphatic carbocycles. The summed E-state index contributed by atoms with van der Waals surface area (Å²) in [4.78, 5) is 11.1. The largest absolute Gasteiger partial charge is 1.00 e. The van der Waals surface area contributed by atoms with Gasteiger partial charge < -0.3 is 17.7 Å². The predicted octanol–water partition coefficient (Wildman–Crippen LogP) is 2.90. The van der Waals surface area contributed by atoms with Crippen LogP contribution >= 0.6 is 34.5 Å². The van der Waals surface area contributed by atoms with Gasteiger partial charge in [-0.15, -0.1) is 0 Å². The topological polar surface area (TPSA) is 45.0 Å².